The van der Waals surface area contributed by atoms with E-state index in [2.05, 4.69) is 5.32 Å². The maximum atomic E-state index is 12.2. The van der Waals surface area contributed by atoms with Crippen LogP contribution in [0.25, 0.3) is 6.08 Å². The topological polar surface area (TPSA) is 75.3 Å². The predicted octanol–water partition coefficient (Wildman–Crippen LogP) is 2.89. The molecule has 0 fully saturated rings. The normalized spacial score (nSPS) is 14.7. The number of carbonyl (C=O) groups is 1. The van der Waals surface area contributed by atoms with E-state index in [-0.39, 0.29) is 5.91 Å². The first kappa shape index (κ1) is 17.1. The molecule has 0 bridgehead atoms. The highest BCUT2D eigenvalue weighted by Gasteiger charge is 2.18. The molecule has 0 spiro atoms. The van der Waals surface area contributed by atoms with Crippen molar-refractivity contribution in [3.05, 3.63) is 42.0 Å². The lowest BCUT2D eigenvalue weighted by Crippen LogP contribution is -2.16. The predicted molar refractivity (Wildman–Crippen MR) is 99.1 cm³/mol. The molecule has 0 aliphatic carbocycles. The number of amides is 1. The third-order valence-electron chi connectivity index (χ3n) is 4.09. The molecule has 2 aromatic rings. The number of nitrogens with one attached hydrogen (secondary N) is 1. The lowest BCUT2D eigenvalue weighted by molar-refractivity contribution is -0.111. The van der Waals surface area contributed by atoms with E-state index in [0.717, 1.165) is 5.56 Å². The second-order valence-electron chi connectivity index (χ2n) is 5.93. The molecule has 27 heavy (non-hydrogen) atoms. The summed E-state index contributed by atoms with van der Waals surface area (Å²) in [4.78, 5) is 12.2. The Bertz CT molecular complexity index is 875. The van der Waals surface area contributed by atoms with Gasteiger partial charge in [-0.1, -0.05) is 0 Å². The van der Waals surface area contributed by atoms with Gasteiger partial charge in [0.1, 0.15) is 26.4 Å². The molecule has 0 radical (unpaired) electrons. The van der Waals surface area contributed by atoms with Gasteiger partial charge in [0.2, 0.25) is 11.7 Å². The molecule has 4 rings (SSSR count). The molecule has 7 nitrogen and oxygen atoms in total. The minimum atomic E-state index is -0.263. The Morgan fingerprint density at radius 3 is 2.52 bits per heavy atom. The van der Waals surface area contributed by atoms with Gasteiger partial charge in [0.25, 0.3) is 0 Å². The zero-order chi connectivity index (χ0) is 18.6. The minimum Gasteiger partial charge on any atom is -0.493 e. The zero-order valence-corrected chi connectivity index (χ0v) is 14.8. The van der Waals surface area contributed by atoms with Gasteiger partial charge in [0.05, 0.1) is 7.11 Å². The van der Waals surface area contributed by atoms with Crippen LogP contribution in [0.5, 0.6) is 28.7 Å². The van der Waals surface area contributed by atoms with Crippen LogP contribution in [0, 0.1) is 0 Å². The first-order valence-corrected chi connectivity index (χ1v) is 8.59. The summed E-state index contributed by atoms with van der Waals surface area (Å²) in [6.45, 7) is 1.99. The summed E-state index contributed by atoms with van der Waals surface area (Å²) in [5, 5.41) is 2.80. The van der Waals surface area contributed by atoms with E-state index in [9.17, 15) is 4.79 Å². The van der Waals surface area contributed by atoms with Gasteiger partial charge in [-0.05, 0) is 35.9 Å². The molecule has 2 aliphatic rings. The smallest absolute Gasteiger partial charge is 0.248 e. The van der Waals surface area contributed by atoms with E-state index in [4.69, 9.17) is 23.7 Å². The summed E-state index contributed by atoms with van der Waals surface area (Å²) in [5.41, 5.74) is 1.40. The highest BCUT2D eigenvalue weighted by Crippen LogP contribution is 2.40. The van der Waals surface area contributed by atoms with Crippen molar-refractivity contribution in [2.24, 2.45) is 0 Å². The number of rotatable bonds is 4. The molecule has 1 N–H and O–H groups in total. The van der Waals surface area contributed by atoms with Crippen LogP contribution in [-0.4, -0.2) is 39.4 Å². The minimum absolute atomic E-state index is 0.263. The molecule has 2 aliphatic heterocycles. The van der Waals surface area contributed by atoms with Crippen molar-refractivity contribution in [3.8, 4) is 28.7 Å². The summed E-state index contributed by atoms with van der Waals surface area (Å²) < 4.78 is 27.5. The van der Waals surface area contributed by atoms with Crippen molar-refractivity contribution in [2.75, 3.05) is 38.9 Å². The fraction of sp³-hybridized carbons (Fsp3) is 0.250. The van der Waals surface area contributed by atoms with Gasteiger partial charge in [0, 0.05) is 17.8 Å². The van der Waals surface area contributed by atoms with Crippen LogP contribution in [0.4, 0.5) is 5.69 Å². The van der Waals surface area contributed by atoms with Crippen LogP contribution in [0.15, 0.2) is 36.4 Å². The highest BCUT2D eigenvalue weighted by molar-refractivity contribution is 6.02. The molecule has 140 valence electrons. The largest absolute Gasteiger partial charge is 0.493 e. The number of methoxy groups -OCH3 is 1. The number of benzene rings is 2. The standard InChI is InChI=1S/C20H19NO6/c1-23-17-10-13(11-18-20(17)27-9-8-26-18)2-5-19(22)21-14-3-4-15-16(12-14)25-7-6-24-15/h2-5,10-12H,6-9H2,1H3,(H,21,22). The van der Waals surface area contributed by atoms with Crippen molar-refractivity contribution in [1.82, 2.24) is 0 Å². The quantitative estimate of drug-likeness (QED) is 0.836. The molecule has 0 atom stereocenters. The second kappa shape index (κ2) is 7.49. The number of hydrogen-bond donors (Lipinski definition) is 1. The molecule has 0 aromatic heterocycles. The van der Waals surface area contributed by atoms with Crippen molar-refractivity contribution < 1.29 is 28.5 Å². The highest BCUT2D eigenvalue weighted by atomic mass is 16.6. The summed E-state index contributed by atoms with van der Waals surface area (Å²) in [7, 11) is 1.57. The van der Waals surface area contributed by atoms with Gasteiger partial charge in [-0.25, -0.2) is 0 Å². The van der Waals surface area contributed by atoms with Gasteiger partial charge in [-0.3, -0.25) is 4.79 Å². The monoisotopic (exact) mass is 369 g/mol. The molecular weight excluding hydrogens is 350 g/mol. The molecule has 1 amide bonds. The van der Waals surface area contributed by atoms with Gasteiger partial charge in [-0.2, -0.15) is 0 Å². The Morgan fingerprint density at radius 2 is 1.70 bits per heavy atom. The van der Waals surface area contributed by atoms with Gasteiger partial charge in [-0.15, -0.1) is 0 Å². The van der Waals surface area contributed by atoms with Crippen LogP contribution >= 0.6 is 0 Å². The zero-order valence-electron chi connectivity index (χ0n) is 14.8. The first-order valence-electron chi connectivity index (χ1n) is 8.59. The van der Waals surface area contributed by atoms with E-state index in [1.807, 2.05) is 6.07 Å². The molecule has 7 heteroatoms. The number of hydrogen-bond acceptors (Lipinski definition) is 6. The number of carbonyl (C=O) groups excluding carboxylic acids is 1. The molecular formula is C20H19NO6. The number of fused-ring (bicyclic) bond motifs is 2. The van der Waals surface area contributed by atoms with Crippen LogP contribution in [0.1, 0.15) is 5.56 Å². The number of ether oxygens (including phenoxy) is 5. The SMILES string of the molecule is COc1cc(C=CC(=O)Nc2ccc3c(c2)OCCO3)cc2c1OCCO2. The Kier molecular flexibility index (Phi) is 4.74. The molecule has 0 saturated carbocycles. The van der Waals surface area contributed by atoms with E-state index < -0.39 is 0 Å². The maximum absolute atomic E-state index is 12.2. The van der Waals surface area contributed by atoms with Crippen molar-refractivity contribution >= 4 is 17.7 Å². The maximum Gasteiger partial charge on any atom is 0.248 e. The number of anilines is 1. The lowest BCUT2D eigenvalue weighted by atomic mass is 10.1. The molecule has 2 aromatic carbocycles. The van der Waals surface area contributed by atoms with Gasteiger partial charge < -0.3 is 29.0 Å². The third-order valence-corrected chi connectivity index (χ3v) is 4.09. The summed E-state index contributed by atoms with van der Waals surface area (Å²) in [5.74, 6) is 2.80. The Balaban J connectivity index is 1.47. The summed E-state index contributed by atoms with van der Waals surface area (Å²) in [6, 6.07) is 8.89. The van der Waals surface area contributed by atoms with E-state index in [1.54, 1.807) is 37.5 Å². The van der Waals surface area contributed by atoms with Crippen LogP contribution in [0.2, 0.25) is 0 Å². The van der Waals surface area contributed by atoms with Crippen molar-refractivity contribution in [3.63, 3.8) is 0 Å². The summed E-state index contributed by atoms with van der Waals surface area (Å²) >= 11 is 0. The second-order valence-corrected chi connectivity index (χ2v) is 5.93. The fourth-order valence-corrected chi connectivity index (χ4v) is 2.87. The average molecular weight is 369 g/mol. The molecule has 2 heterocycles. The Labute approximate surface area is 156 Å². The van der Waals surface area contributed by atoms with Crippen molar-refractivity contribution in [2.45, 2.75) is 0 Å². The Hall–Kier alpha value is -3.35. The Morgan fingerprint density at radius 1 is 0.963 bits per heavy atom. The van der Waals surface area contributed by atoms with Crippen LogP contribution < -0.4 is 29.0 Å². The van der Waals surface area contributed by atoms with E-state index in [0.29, 0.717) is 60.9 Å². The lowest BCUT2D eigenvalue weighted by Gasteiger charge is -2.20. The molecule has 0 saturated heterocycles. The van der Waals surface area contributed by atoms with E-state index >= 15 is 0 Å². The van der Waals surface area contributed by atoms with Crippen LogP contribution in [0.3, 0.4) is 0 Å². The average Bonchev–Trinajstić information content (AvgIpc) is 2.71. The van der Waals surface area contributed by atoms with Crippen LogP contribution in [-0.2, 0) is 4.79 Å². The fourth-order valence-electron chi connectivity index (χ4n) is 2.87. The van der Waals surface area contributed by atoms with Crippen molar-refractivity contribution in [1.29, 1.82) is 0 Å². The van der Waals surface area contributed by atoms with Gasteiger partial charge >= 0.3 is 0 Å². The third kappa shape index (κ3) is 3.76. The molecule has 0 unspecified atom stereocenters. The summed E-state index contributed by atoms with van der Waals surface area (Å²) in [6.07, 6.45) is 3.13. The van der Waals surface area contributed by atoms with E-state index in [1.165, 1.54) is 6.08 Å². The van der Waals surface area contributed by atoms with Gasteiger partial charge in [0.15, 0.2) is 23.0 Å². The first-order chi connectivity index (χ1) is 13.2.